The molecule has 0 aliphatic rings. The predicted molar refractivity (Wildman–Crippen MR) is 59.9 cm³/mol. The van der Waals surface area contributed by atoms with Crippen molar-refractivity contribution in [2.45, 2.75) is 0 Å². The van der Waals surface area contributed by atoms with Crippen LogP contribution < -0.4 is 16.4 Å². The number of hydrogen-bond acceptors (Lipinski definition) is 4. The Hall–Kier alpha value is -1.66. The van der Waals surface area contributed by atoms with Gasteiger partial charge in [0.15, 0.2) is 0 Å². The van der Waals surface area contributed by atoms with E-state index in [0.717, 1.165) is 0 Å². The Morgan fingerprint density at radius 3 is 2.81 bits per heavy atom. The molecular formula is C9H11ClN4O2. The van der Waals surface area contributed by atoms with Crippen molar-refractivity contribution in [3.05, 3.63) is 23.5 Å². The number of carbonyl (C=O) groups is 2. The van der Waals surface area contributed by atoms with E-state index in [2.05, 4.69) is 15.6 Å². The van der Waals surface area contributed by atoms with Gasteiger partial charge < -0.3 is 16.4 Å². The summed E-state index contributed by atoms with van der Waals surface area (Å²) in [5.74, 6) is -0.788. The first-order chi connectivity index (χ1) is 7.63. The molecule has 0 saturated heterocycles. The Kier molecular flexibility index (Phi) is 4.68. The monoisotopic (exact) mass is 242 g/mol. The van der Waals surface area contributed by atoms with Crippen molar-refractivity contribution < 1.29 is 9.59 Å². The van der Waals surface area contributed by atoms with Crippen LogP contribution in [0, 0.1) is 0 Å². The number of pyridine rings is 1. The number of anilines is 1. The molecule has 0 saturated carbocycles. The fourth-order valence-electron chi connectivity index (χ4n) is 0.915. The number of aromatic nitrogens is 1. The lowest BCUT2D eigenvalue weighted by Gasteiger charge is -2.06. The fraction of sp³-hybridized carbons (Fsp3) is 0.222. The lowest BCUT2D eigenvalue weighted by atomic mass is 10.4. The molecule has 0 fully saturated rings. The molecule has 0 spiro atoms. The molecular weight excluding hydrogens is 232 g/mol. The number of nitrogens with zero attached hydrogens (tertiary/aromatic N) is 1. The number of rotatable bonds is 4. The minimum absolute atomic E-state index is 0.152. The van der Waals surface area contributed by atoms with Gasteiger partial charge in [0.1, 0.15) is 0 Å². The zero-order valence-corrected chi connectivity index (χ0v) is 9.12. The Morgan fingerprint density at radius 2 is 2.19 bits per heavy atom. The van der Waals surface area contributed by atoms with Crippen LogP contribution in [0.25, 0.3) is 0 Å². The number of amides is 2. The summed E-state index contributed by atoms with van der Waals surface area (Å²) in [4.78, 5) is 25.9. The highest BCUT2D eigenvalue weighted by molar-refractivity contribution is 6.33. The van der Waals surface area contributed by atoms with Crippen LogP contribution in [-0.2, 0) is 9.59 Å². The lowest BCUT2D eigenvalue weighted by molar-refractivity contribution is -0.123. The van der Waals surface area contributed by atoms with Crippen molar-refractivity contribution in [2.24, 2.45) is 5.73 Å². The molecule has 1 rings (SSSR count). The van der Waals surface area contributed by atoms with Crippen LogP contribution in [-0.4, -0.2) is 29.9 Å². The van der Waals surface area contributed by atoms with Crippen LogP contribution in [0.15, 0.2) is 18.5 Å². The van der Waals surface area contributed by atoms with Gasteiger partial charge in [-0.1, -0.05) is 11.6 Å². The molecule has 0 unspecified atom stereocenters. The predicted octanol–water partition coefficient (Wildman–Crippen LogP) is -0.252. The Bertz CT molecular complexity index is 397. The van der Waals surface area contributed by atoms with Crippen molar-refractivity contribution >= 4 is 29.1 Å². The SMILES string of the molecule is NCC(=O)NCC(=O)Nc1cnccc1Cl. The average Bonchev–Trinajstić information content (AvgIpc) is 2.29. The zero-order valence-electron chi connectivity index (χ0n) is 8.37. The molecule has 0 radical (unpaired) electrons. The topological polar surface area (TPSA) is 97.1 Å². The molecule has 1 aromatic rings. The maximum Gasteiger partial charge on any atom is 0.243 e. The Morgan fingerprint density at radius 1 is 1.44 bits per heavy atom. The summed E-state index contributed by atoms with van der Waals surface area (Å²) in [6.07, 6.45) is 2.93. The molecule has 0 atom stereocenters. The maximum atomic E-state index is 11.3. The molecule has 4 N–H and O–H groups in total. The van der Waals surface area contributed by atoms with Gasteiger partial charge in [-0.15, -0.1) is 0 Å². The van der Waals surface area contributed by atoms with Gasteiger partial charge >= 0.3 is 0 Å². The van der Waals surface area contributed by atoms with Gasteiger partial charge in [0, 0.05) is 6.20 Å². The normalized spacial score (nSPS) is 9.62. The fourth-order valence-corrected chi connectivity index (χ4v) is 1.07. The molecule has 0 aromatic carbocycles. The summed E-state index contributed by atoms with van der Waals surface area (Å²) in [6.45, 7) is -0.303. The molecule has 6 nitrogen and oxygen atoms in total. The van der Waals surface area contributed by atoms with E-state index < -0.39 is 11.8 Å². The van der Waals surface area contributed by atoms with Crippen LogP contribution in [0.5, 0.6) is 0 Å². The summed E-state index contributed by atoms with van der Waals surface area (Å²) >= 11 is 5.80. The second-order valence-corrected chi connectivity index (χ2v) is 3.29. The van der Waals surface area contributed by atoms with E-state index in [0.29, 0.717) is 10.7 Å². The minimum Gasteiger partial charge on any atom is -0.346 e. The van der Waals surface area contributed by atoms with Gasteiger partial charge in [-0.05, 0) is 6.07 Å². The zero-order chi connectivity index (χ0) is 12.0. The highest BCUT2D eigenvalue weighted by Gasteiger charge is 2.06. The van der Waals surface area contributed by atoms with Gasteiger partial charge in [0.2, 0.25) is 11.8 Å². The summed E-state index contributed by atoms with van der Waals surface area (Å²) < 4.78 is 0. The van der Waals surface area contributed by atoms with E-state index in [4.69, 9.17) is 17.3 Å². The van der Waals surface area contributed by atoms with Gasteiger partial charge in [-0.25, -0.2) is 0 Å². The molecule has 1 aromatic heterocycles. The van der Waals surface area contributed by atoms with Gasteiger partial charge in [-0.3, -0.25) is 14.6 Å². The van der Waals surface area contributed by atoms with Crippen molar-refractivity contribution in [1.29, 1.82) is 0 Å². The van der Waals surface area contributed by atoms with E-state index in [9.17, 15) is 9.59 Å². The number of hydrogen-bond donors (Lipinski definition) is 3. The second kappa shape index (κ2) is 6.04. The van der Waals surface area contributed by atoms with Crippen LogP contribution in [0.1, 0.15) is 0 Å². The number of nitrogens with one attached hydrogen (secondary N) is 2. The second-order valence-electron chi connectivity index (χ2n) is 2.88. The molecule has 7 heteroatoms. The average molecular weight is 243 g/mol. The van der Waals surface area contributed by atoms with E-state index in [1.54, 1.807) is 6.07 Å². The summed E-state index contributed by atoms with van der Waals surface area (Å²) in [7, 11) is 0. The first kappa shape index (κ1) is 12.4. The highest BCUT2D eigenvalue weighted by Crippen LogP contribution is 2.18. The summed E-state index contributed by atoms with van der Waals surface area (Å²) in [6, 6.07) is 1.55. The third kappa shape index (κ3) is 3.84. The Balaban J connectivity index is 2.46. The van der Waals surface area contributed by atoms with Crippen LogP contribution in [0.2, 0.25) is 5.02 Å². The highest BCUT2D eigenvalue weighted by atomic mass is 35.5. The third-order valence-electron chi connectivity index (χ3n) is 1.67. The molecule has 0 aliphatic carbocycles. The smallest absolute Gasteiger partial charge is 0.243 e. The van der Waals surface area contributed by atoms with Crippen molar-refractivity contribution in [2.75, 3.05) is 18.4 Å². The van der Waals surface area contributed by atoms with Gasteiger partial charge in [0.25, 0.3) is 0 Å². The van der Waals surface area contributed by atoms with Crippen molar-refractivity contribution in [3.63, 3.8) is 0 Å². The van der Waals surface area contributed by atoms with Crippen molar-refractivity contribution in [3.8, 4) is 0 Å². The number of halogens is 1. The van der Waals surface area contributed by atoms with E-state index in [-0.39, 0.29) is 13.1 Å². The van der Waals surface area contributed by atoms with E-state index >= 15 is 0 Å². The quantitative estimate of drug-likeness (QED) is 0.678. The summed E-state index contributed by atoms with van der Waals surface area (Å²) in [5, 5.41) is 5.22. The largest absolute Gasteiger partial charge is 0.346 e. The van der Waals surface area contributed by atoms with Crippen LogP contribution >= 0.6 is 11.6 Å². The number of carbonyl (C=O) groups excluding carboxylic acids is 2. The minimum atomic E-state index is -0.396. The van der Waals surface area contributed by atoms with Gasteiger partial charge in [0.05, 0.1) is 30.0 Å². The Labute approximate surface area is 97.2 Å². The summed E-state index contributed by atoms with van der Waals surface area (Å²) in [5.41, 5.74) is 5.46. The van der Waals surface area contributed by atoms with Crippen LogP contribution in [0.3, 0.4) is 0 Å². The number of nitrogens with two attached hydrogens (primary N) is 1. The molecule has 1 heterocycles. The molecule has 16 heavy (non-hydrogen) atoms. The molecule has 0 bridgehead atoms. The molecule has 2 amide bonds. The first-order valence-corrected chi connectivity index (χ1v) is 4.87. The molecule has 86 valence electrons. The standard InChI is InChI=1S/C9H11ClN4O2/c10-6-1-2-12-4-7(6)14-9(16)5-13-8(15)3-11/h1-2,4H,3,5,11H2,(H,13,15)(H,14,16). The van der Waals surface area contributed by atoms with E-state index in [1.165, 1.54) is 12.4 Å². The first-order valence-electron chi connectivity index (χ1n) is 4.49. The van der Waals surface area contributed by atoms with Crippen LogP contribution in [0.4, 0.5) is 5.69 Å². The third-order valence-corrected chi connectivity index (χ3v) is 2.00. The maximum absolute atomic E-state index is 11.3. The van der Waals surface area contributed by atoms with Crippen molar-refractivity contribution in [1.82, 2.24) is 10.3 Å². The molecule has 0 aliphatic heterocycles. The lowest BCUT2D eigenvalue weighted by Crippen LogP contribution is -2.36. The van der Waals surface area contributed by atoms with E-state index in [1.807, 2.05) is 0 Å². The van der Waals surface area contributed by atoms with Gasteiger partial charge in [-0.2, -0.15) is 0 Å².